The molecule has 0 aliphatic rings. The molecule has 0 unspecified atom stereocenters. The largest absolute Gasteiger partial charge is 0.381 e. The Morgan fingerprint density at radius 1 is 1.47 bits per heavy atom. The molecular weight excluding hydrogens is 243 g/mol. The summed E-state index contributed by atoms with van der Waals surface area (Å²) in [7, 11) is 0. The Morgan fingerprint density at radius 3 is 2.94 bits per heavy atom. The maximum atomic E-state index is 13.7. The van der Waals surface area contributed by atoms with E-state index in [2.05, 4.69) is 5.16 Å². The normalized spacial score (nSPS) is 10.8. The quantitative estimate of drug-likeness (QED) is 0.909. The van der Waals surface area contributed by atoms with Crippen LogP contribution in [0.4, 0.5) is 10.2 Å². The van der Waals surface area contributed by atoms with Crippen molar-refractivity contribution in [2.45, 2.75) is 19.8 Å². The van der Waals surface area contributed by atoms with Gasteiger partial charge in [0.2, 0.25) is 0 Å². The fraction of sp³-hybridized carbons (Fsp3) is 0.250. The van der Waals surface area contributed by atoms with Crippen molar-refractivity contribution in [3.05, 3.63) is 34.6 Å². The molecule has 2 aromatic rings. The van der Waals surface area contributed by atoms with Gasteiger partial charge in [0.1, 0.15) is 5.82 Å². The molecular formula is C12H12ClFN2O. The lowest BCUT2D eigenvalue weighted by Crippen LogP contribution is -1.93. The predicted octanol–water partition coefficient (Wildman–Crippen LogP) is 3.67. The molecule has 5 heteroatoms. The number of benzene rings is 1. The van der Waals surface area contributed by atoms with Crippen LogP contribution in [0.25, 0.3) is 11.3 Å². The van der Waals surface area contributed by atoms with E-state index in [1.807, 2.05) is 6.92 Å². The Kier molecular flexibility index (Phi) is 3.33. The van der Waals surface area contributed by atoms with Crippen LogP contribution in [0.1, 0.15) is 18.9 Å². The van der Waals surface area contributed by atoms with Gasteiger partial charge in [-0.3, -0.25) is 0 Å². The minimum absolute atomic E-state index is 0.296. The molecule has 90 valence electrons. The van der Waals surface area contributed by atoms with E-state index in [4.69, 9.17) is 21.9 Å². The molecule has 0 spiro atoms. The van der Waals surface area contributed by atoms with E-state index < -0.39 is 5.82 Å². The van der Waals surface area contributed by atoms with E-state index in [9.17, 15) is 4.39 Å². The number of hydrogen-bond acceptors (Lipinski definition) is 3. The van der Waals surface area contributed by atoms with Gasteiger partial charge in [-0.1, -0.05) is 30.1 Å². The number of anilines is 1. The topological polar surface area (TPSA) is 52.0 Å². The first-order valence-corrected chi connectivity index (χ1v) is 5.70. The Morgan fingerprint density at radius 2 is 2.24 bits per heavy atom. The Balaban J connectivity index is 2.56. The second-order valence-corrected chi connectivity index (χ2v) is 4.19. The molecule has 0 radical (unpaired) electrons. The third-order valence-corrected chi connectivity index (χ3v) is 2.73. The van der Waals surface area contributed by atoms with Crippen LogP contribution in [0.2, 0.25) is 5.02 Å². The second-order valence-electron chi connectivity index (χ2n) is 3.75. The molecule has 1 aromatic heterocycles. The first kappa shape index (κ1) is 11.9. The van der Waals surface area contributed by atoms with Crippen LogP contribution in [0, 0.1) is 5.82 Å². The average molecular weight is 255 g/mol. The van der Waals surface area contributed by atoms with Crippen molar-refractivity contribution in [1.29, 1.82) is 0 Å². The van der Waals surface area contributed by atoms with E-state index in [0.29, 0.717) is 28.6 Å². The predicted molar refractivity (Wildman–Crippen MR) is 65.3 cm³/mol. The fourth-order valence-electron chi connectivity index (χ4n) is 1.70. The summed E-state index contributed by atoms with van der Waals surface area (Å²) >= 11 is 5.84. The molecule has 17 heavy (non-hydrogen) atoms. The van der Waals surface area contributed by atoms with Crippen molar-refractivity contribution in [2.75, 3.05) is 5.73 Å². The molecule has 0 saturated heterocycles. The van der Waals surface area contributed by atoms with Crippen molar-refractivity contribution in [3.63, 3.8) is 0 Å². The number of nitrogen functional groups attached to an aromatic ring is 1. The molecule has 2 N–H and O–H groups in total. The SMILES string of the molecule is CCCc1c(N)noc1-c1cc(Cl)ccc1F. The van der Waals surface area contributed by atoms with Gasteiger partial charge in [0.05, 0.1) is 5.56 Å². The Bertz CT molecular complexity index is 539. The number of halogens is 2. The van der Waals surface area contributed by atoms with Gasteiger partial charge in [0.25, 0.3) is 0 Å². The number of nitrogens with zero attached hydrogens (tertiary/aromatic N) is 1. The van der Waals surface area contributed by atoms with E-state index in [1.165, 1.54) is 18.2 Å². The van der Waals surface area contributed by atoms with Crippen molar-refractivity contribution >= 4 is 17.4 Å². The van der Waals surface area contributed by atoms with E-state index in [0.717, 1.165) is 12.0 Å². The third-order valence-electron chi connectivity index (χ3n) is 2.49. The van der Waals surface area contributed by atoms with Gasteiger partial charge in [-0.25, -0.2) is 4.39 Å². The second kappa shape index (κ2) is 4.75. The fourth-order valence-corrected chi connectivity index (χ4v) is 1.87. The summed E-state index contributed by atoms with van der Waals surface area (Å²) in [6.07, 6.45) is 1.57. The molecule has 0 atom stereocenters. The highest BCUT2D eigenvalue weighted by molar-refractivity contribution is 6.30. The van der Waals surface area contributed by atoms with Gasteiger partial charge >= 0.3 is 0 Å². The zero-order chi connectivity index (χ0) is 12.4. The minimum atomic E-state index is -0.400. The summed E-state index contributed by atoms with van der Waals surface area (Å²) in [5.74, 6) is 0.272. The van der Waals surface area contributed by atoms with Crippen molar-refractivity contribution in [2.24, 2.45) is 0 Å². The standard InChI is InChI=1S/C12H12ClFN2O/c1-2-3-8-11(17-16-12(8)15)9-6-7(13)4-5-10(9)14/h4-6H,2-3H2,1H3,(H2,15,16). The van der Waals surface area contributed by atoms with Gasteiger partial charge in [-0.2, -0.15) is 0 Å². The average Bonchev–Trinajstić information content (AvgIpc) is 2.65. The van der Waals surface area contributed by atoms with Gasteiger partial charge in [0.15, 0.2) is 11.6 Å². The molecule has 0 aliphatic heterocycles. The lowest BCUT2D eigenvalue weighted by molar-refractivity contribution is 0.432. The highest BCUT2D eigenvalue weighted by Gasteiger charge is 2.18. The summed E-state index contributed by atoms with van der Waals surface area (Å²) in [5, 5.41) is 4.12. The van der Waals surface area contributed by atoms with E-state index in [1.54, 1.807) is 0 Å². The molecule has 0 aliphatic carbocycles. The third kappa shape index (κ3) is 2.26. The van der Waals surface area contributed by atoms with Gasteiger partial charge in [-0.15, -0.1) is 0 Å². The van der Waals surface area contributed by atoms with Crippen LogP contribution in [-0.4, -0.2) is 5.16 Å². The molecule has 0 amide bonds. The summed E-state index contributed by atoms with van der Waals surface area (Å²) < 4.78 is 18.8. The van der Waals surface area contributed by atoms with Gasteiger partial charge < -0.3 is 10.3 Å². The molecule has 3 nitrogen and oxygen atoms in total. The molecule has 0 fully saturated rings. The van der Waals surface area contributed by atoms with E-state index in [-0.39, 0.29) is 0 Å². The Hall–Kier alpha value is -1.55. The summed E-state index contributed by atoms with van der Waals surface area (Å²) in [6.45, 7) is 2.00. The molecule has 2 rings (SSSR count). The summed E-state index contributed by atoms with van der Waals surface area (Å²) in [6, 6.07) is 4.29. The minimum Gasteiger partial charge on any atom is -0.381 e. The van der Waals surface area contributed by atoms with Crippen molar-refractivity contribution in [3.8, 4) is 11.3 Å². The number of hydrogen-bond donors (Lipinski definition) is 1. The van der Waals surface area contributed by atoms with Crippen molar-refractivity contribution < 1.29 is 8.91 Å². The highest BCUT2D eigenvalue weighted by atomic mass is 35.5. The van der Waals surface area contributed by atoms with Crippen LogP contribution >= 0.6 is 11.6 Å². The molecule has 1 heterocycles. The first-order valence-electron chi connectivity index (χ1n) is 5.33. The lowest BCUT2D eigenvalue weighted by atomic mass is 10.0. The summed E-state index contributed by atoms with van der Waals surface area (Å²) in [4.78, 5) is 0. The molecule has 0 bridgehead atoms. The van der Waals surface area contributed by atoms with Crippen LogP contribution in [0.15, 0.2) is 22.7 Å². The lowest BCUT2D eigenvalue weighted by Gasteiger charge is -2.02. The number of nitrogens with two attached hydrogens (primary N) is 1. The van der Waals surface area contributed by atoms with E-state index >= 15 is 0 Å². The van der Waals surface area contributed by atoms with Gasteiger partial charge in [-0.05, 0) is 24.6 Å². The maximum Gasteiger partial charge on any atom is 0.175 e. The van der Waals surface area contributed by atoms with Crippen LogP contribution in [-0.2, 0) is 6.42 Å². The molecule has 1 aromatic carbocycles. The highest BCUT2D eigenvalue weighted by Crippen LogP contribution is 2.32. The number of rotatable bonds is 3. The zero-order valence-electron chi connectivity index (χ0n) is 9.34. The smallest absolute Gasteiger partial charge is 0.175 e. The van der Waals surface area contributed by atoms with Crippen LogP contribution in [0.5, 0.6) is 0 Å². The number of aromatic nitrogens is 1. The Labute approximate surface area is 103 Å². The van der Waals surface area contributed by atoms with Crippen LogP contribution in [0.3, 0.4) is 0 Å². The van der Waals surface area contributed by atoms with Crippen LogP contribution < -0.4 is 5.73 Å². The zero-order valence-corrected chi connectivity index (χ0v) is 10.1. The maximum absolute atomic E-state index is 13.7. The summed E-state index contributed by atoms with van der Waals surface area (Å²) in [5.41, 5.74) is 6.72. The molecule has 0 saturated carbocycles. The van der Waals surface area contributed by atoms with Crippen molar-refractivity contribution in [1.82, 2.24) is 5.16 Å². The van der Waals surface area contributed by atoms with Gasteiger partial charge in [0, 0.05) is 10.6 Å². The monoisotopic (exact) mass is 254 g/mol. The first-order chi connectivity index (χ1) is 8.13.